The summed E-state index contributed by atoms with van der Waals surface area (Å²) in [5.41, 5.74) is 7.61. The molecule has 1 rings (SSSR count). The number of esters is 1. The second-order valence-corrected chi connectivity index (χ2v) is 6.34. The van der Waals surface area contributed by atoms with Gasteiger partial charge in [0.25, 0.3) is 5.88 Å². The molecular formula is C20H27N3O6. The van der Waals surface area contributed by atoms with E-state index in [2.05, 4.69) is 11.1 Å². The van der Waals surface area contributed by atoms with Gasteiger partial charge in [-0.3, -0.25) is 10.1 Å². The third-order valence-electron chi connectivity index (χ3n) is 3.63. The van der Waals surface area contributed by atoms with Crippen LogP contribution in [-0.2, 0) is 9.53 Å². The molecule has 3 N–H and O–H groups in total. The SMILES string of the molecule is COc1cc(C(=O)OC/C=C(\C)CCC=C(C)C)cnc1OC(=O)NC(=O)CN. The molecule has 158 valence electrons. The lowest BCUT2D eigenvalue weighted by Crippen LogP contribution is -2.37. The highest BCUT2D eigenvalue weighted by atomic mass is 16.6. The number of hydrogen-bond acceptors (Lipinski definition) is 8. The van der Waals surface area contributed by atoms with Crippen LogP contribution < -0.4 is 20.5 Å². The molecule has 2 amide bonds. The highest BCUT2D eigenvalue weighted by molar-refractivity contribution is 5.93. The summed E-state index contributed by atoms with van der Waals surface area (Å²) in [5.74, 6) is -1.48. The number of ether oxygens (including phenoxy) is 3. The molecule has 0 aliphatic rings. The maximum atomic E-state index is 12.2. The molecule has 0 atom stereocenters. The van der Waals surface area contributed by atoms with Gasteiger partial charge in [0.1, 0.15) is 6.61 Å². The Morgan fingerprint density at radius 3 is 2.55 bits per heavy atom. The summed E-state index contributed by atoms with van der Waals surface area (Å²) in [6.45, 7) is 5.83. The van der Waals surface area contributed by atoms with Crippen molar-refractivity contribution in [2.45, 2.75) is 33.6 Å². The van der Waals surface area contributed by atoms with Gasteiger partial charge in [0.15, 0.2) is 5.75 Å². The van der Waals surface area contributed by atoms with Crippen LogP contribution in [0.15, 0.2) is 35.6 Å². The molecule has 0 fully saturated rings. The van der Waals surface area contributed by atoms with Gasteiger partial charge in [-0.05, 0) is 39.7 Å². The van der Waals surface area contributed by atoms with Gasteiger partial charge >= 0.3 is 12.1 Å². The van der Waals surface area contributed by atoms with Crippen LogP contribution in [0.3, 0.4) is 0 Å². The molecule has 0 aliphatic carbocycles. The van der Waals surface area contributed by atoms with Gasteiger partial charge in [0, 0.05) is 12.3 Å². The van der Waals surface area contributed by atoms with Gasteiger partial charge in [0.05, 0.1) is 19.2 Å². The molecule has 29 heavy (non-hydrogen) atoms. The Morgan fingerprint density at radius 2 is 1.93 bits per heavy atom. The van der Waals surface area contributed by atoms with Gasteiger partial charge in [0.2, 0.25) is 5.91 Å². The molecule has 0 saturated carbocycles. The quantitative estimate of drug-likeness (QED) is 0.473. The maximum Gasteiger partial charge on any atom is 0.420 e. The highest BCUT2D eigenvalue weighted by Gasteiger charge is 2.17. The van der Waals surface area contributed by atoms with Crippen molar-refractivity contribution in [3.8, 4) is 11.6 Å². The standard InChI is InChI=1S/C20H27N3O6/c1-13(2)6-5-7-14(3)8-9-28-19(25)15-10-16(27-4)18(22-12-15)29-20(26)23-17(24)11-21/h6,8,10,12H,5,7,9,11,21H2,1-4H3,(H,23,24,26)/b14-8+. The van der Waals surface area contributed by atoms with E-state index in [9.17, 15) is 14.4 Å². The molecule has 9 heteroatoms. The number of methoxy groups -OCH3 is 1. The van der Waals surface area contributed by atoms with Crippen molar-refractivity contribution in [3.05, 3.63) is 41.1 Å². The molecule has 0 aromatic carbocycles. The van der Waals surface area contributed by atoms with Crippen molar-refractivity contribution in [2.75, 3.05) is 20.3 Å². The summed E-state index contributed by atoms with van der Waals surface area (Å²) in [4.78, 5) is 38.7. The number of hydrogen-bond donors (Lipinski definition) is 2. The first kappa shape index (κ1) is 23.8. The minimum absolute atomic E-state index is 0.0308. The molecule has 1 heterocycles. The van der Waals surface area contributed by atoms with Gasteiger partial charge in [-0.2, -0.15) is 0 Å². The van der Waals surface area contributed by atoms with Crippen LogP contribution in [0.4, 0.5) is 4.79 Å². The van der Waals surface area contributed by atoms with E-state index < -0.39 is 18.0 Å². The van der Waals surface area contributed by atoms with Gasteiger partial charge in [-0.15, -0.1) is 0 Å². The normalized spacial score (nSPS) is 10.7. The van der Waals surface area contributed by atoms with Gasteiger partial charge < -0.3 is 19.9 Å². The molecule has 0 aliphatic heterocycles. The summed E-state index contributed by atoms with van der Waals surface area (Å²) in [6.07, 6.45) is 5.94. The fraction of sp³-hybridized carbons (Fsp3) is 0.400. The van der Waals surface area contributed by atoms with Gasteiger partial charge in [-0.25, -0.2) is 14.6 Å². The zero-order valence-electron chi connectivity index (χ0n) is 17.1. The predicted molar refractivity (Wildman–Crippen MR) is 107 cm³/mol. The number of rotatable bonds is 9. The number of imide groups is 1. The molecule has 0 radical (unpaired) electrons. The third-order valence-corrected chi connectivity index (χ3v) is 3.63. The van der Waals surface area contributed by atoms with E-state index in [1.807, 2.05) is 32.2 Å². The number of carbonyl (C=O) groups is 3. The number of carbonyl (C=O) groups excluding carboxylic acids is 3. The first-order valence-corrected chi connectivity index (χ1v) is 8.98. The number of nitrogens with two attached hydrogens (primary N) is 1. The first-order valence-electron chi connectivity index (χ1n) is 8.98. The van der Waals surface area contributed by atoms with Crippen LogP contribution in [0.5, 0.6) is 11.6 Å². The molecule has 0 unspecified atom stereocenters. The molecule has 1 aromatic rings. The average Bonchev–Trinajstić information content (AvgIpc) is 2.67. The Morgan fingerprint density at radius 1 is 1.21 bits per heavy atom. The lowest BCUT2D eigenvalue weighted by atomic mass is 10.1. The van der Waals surface area contributed by atoms with Crippen molar-refractivity contribution < 1.29 is 28.6 Å². The monoisotopic (exact) mass is 405 g/mol. The summed E-state index contributed by atoms with van der Waals surface area (Å²) in [5, 5.41) is 1.90. The van der Waals surface area contributed by atoms with Crippen LogP contribution in [0.1, 0.15) is 44.0 Å². The molecular weight excluding hydrogens is 378 g/mol. The molecule has 1 aromatic heterocycles. The Labute approximate surface area is 169 Å². The van der Waals surface area contributed by atoms with Crippen LogP contribution in [0.2, 0.25) is 0 Å². The third kappa shape index (κ3) is 9.02. The fourth-order valence-corrected chi connectivity index (χ4v) is 2.08. The number of aromatic nitrogens is 1. The van der Waals surface area contributed by atoms with Gasteiger partial charge in [-0.1, -0.05) is 17.2 Å². The lowest BCUT2D eigenvalue weighted by Gasteiger charge is -2.10. The zero-order chi connectivity index (χ0) is 21.8. The Kier molecular flexibility index (Phi) is 10.1. The average molecular weight is 405 g/mol. The van der Waals surface area contributed by atoms with Crippen molar-refractivity contribution in [3.63, 3.8) is 0 Å². The molecule has 0 spiro atoms. The van der Waals surface area contributed by atoms with E-state index in [1.54, 1.807) is 0 Å². The number of allylic oxidation sites excluding steroid dienone is 3. The lowest BCUT2D eigenvalue weighted by molar-refractivity contribution is -0.118. The molecule has 9 nitrogen and oxygen atoms in total. The highest BCUT2D eigenvalue weighted by Crippen LogP contribution is 2.25. The van der Waals surface area contributed by atoms with E-state index in [0.717, 1.165) is 18.4 Å². The number of nitrogens with zero attached hydrogens (tertiary/aromatic N) is 1. The second kappa shape index (κ2) is 12.3. The van der Waals surface area contributed by atoms with Crippen molar-refractivity contribution in [1.82, 2.24) is 10.3 Å². The smallest absolute Gasteiger partial charge is 0.420 e. The first-order chi connectivity index (χ1) is 13.8. The topological polar surface area (TPSA) is 130 Å². The Balaban J connectivity index is 2.67. The van der Waals surface area contributed by atoms with Crippen molar-refractivity contribution in [1.29, 1.82) is 0 Å². The predicted octanol–water partition coefficient (Wildman–Crippen LogP) is 2.51. The minimum Gasteiger partial charge on any atom is -0.491 e. The summed E-state index contributed by atoms with van der Waals surface area (Å²) < 4.78 is 15.2. The number of pyridine rings is 1. The molecule has 0 bridgehead atoms. The fourth-order valence-electron chi connectivity index (χ4n) is 2.08. The summed E-state index contributed by atoms with van der Waals surface area (Å²) >= 11 is 0. The van der Waals surface area contributed by atoms with E-state index in [1.165, 1.54) is 24.9 Å². The Hall–Kier alpha value is -3.20. The van der Waals surface area contributed by atoms with E-state index in [-0.39, 0.29) is 30.3 Å². The maximum absolute atomic E-state index is 12.2. The van der Waals surface area contributed by atoms with Crippen LogP contribution >= 0.6 is 0 Å². The Bertz CT molecular complexity index is 797. The number of amides is 2. The van der Waals surface area contributed by atoms with E-state index in [0.29, 0.717) is 0 Å². The van der Waals surface area contributed by atoms with E-state index >= 15 is 0 Å². The van der Waals surface area contributed by atoms with Crippen molar-refractivity contribution >= 4 is 18.0 Å². The number of nitrogens with one attached hydrogen (secondary N) is 1. The minimum atomic E-state index is -1.06. The molecule has 0 saturated heterocycles. The zero-order valence-corrected chi connectivity index (χ0v) is 17.1. The largest absolute Gasteiger partial charge is 0.491 e. The van der Waals surface area contributed by atoms with Crippen LogP contribution in [0, 0.1) is 0 Å². The van der Waals surface area contributed by atoms with Crippen LogP contribution in [0.25, 0.3) is 0 Å². The summed E-state index contributed by atoms with van der Waals surface area (Å²) in [7, 11) is 1.32. The van der Waals surface area contributed by atoms with E-state index in [4.69, 9.17) is 19.9 Å². The van der Waals surface area contributed by atoms with Crippen molar-refractivity contribution in [2.24, 2.45) is 5.73 Å². The van der Waals surface area contributed by atoms with Crippen LogP contribution in [-0.4, -0.2) is 43.2 Å². The summed E-state index contributed by atoms with van der Waals surface area (Å²) in [6, 6.07) is 1.33. The second-order valence-electron chi connectivity index (χ2n) is 6.34.